The van der Waals surface area contributed by atoms with Crippen LogP contribution in [0.15, 0.2) is 0 Å². The Balaban J connectivity index is 3.66. The summed E-state index contributed by atoms with van der Waals surface area (Å²) in [5.41, 5.74) is 0. The van der Waals surface area contributed by atoms with Crippen LogP contribution in [0.25, 0.3) is 0 Å². The van der Waals surface area contributed by atoms with Crippen LogP contribution in [-0.2, 0) is 14.6 Å². The predicted octanol–water partition coefficient (Wildman–Crippen LogP) is -0.239. The molecule has 0 aromatic carbocycles. The summed E-state index contributed by atoms with van der Waals surface area (Å²) < 4.78 is 21.2. The van der Waals surface area contributed by atoms with Crippen molar-refractivity contribution in [1.82, 2.24) is 0 Å². The van der Waals surface area contributed by atoms with E-state index >= 15 is 0 Å². The first-order valence-electron chi connectivity index (χ1n) is 3.71. The fraction of sp³-hybridized carbons (Fsp3) is 0.857. The molecular weight excluding hydrogens is 180 g/mol. The minimum atomic E-state index is -2.98. The number of Topliss-reactive ketones (excluding diaryl/α,β-unsaturated/α-hetero) is 1. The number of ketones is 1. The molecule has 0 amide bonds. The van der Waals surface area contributed by atoms with Gasteiger partial charge in [-0.3, -0.25) is 4.79 Å². The summed E-state index contributed by atoms with van der Waals surface area (Å²) in [5, 5.41) is 8.75. The van der Waals surface area contributed by atoms with Crippen LogP contribution in [0.4, 0.5) is 0 Å². The molecule has 4 nitrogen and oxygen atoms in total. The lowest BCUT2D eigenvalue weighted by atomic mass is 10.1. The fourth-order valence-corrected chi connectivity index (χ4v) is 1.39. The van der Waals surface area contributed by atoms with E-state index in [9.17, 15) is 13.2 Å². The van der Waals surface area contributed by atoms with Gasteiger partial charge in [0.25, 0.3) is 0 Å². The van der Waals surface area contributed by atoms with Gasteiger partial charge in [-0.05, 0) is 13.3 Å². The van der Waals surface area contributed by atoms with E-state index < -0.39 is 15.9 Å². The van der Waals surface area contributed by atoms with Crippen molar-refractivity contribution in [2.45, 2.75) is 25.9 Å². The average molecular weight is 194 g/mol. The molecule has 0 saturated carbocycles. The summed E-state index contributed by atoms with van der Waals surface area (Å²) >= 11 is 0. The minimum Gasteiger partial charge on any atom is -0.386 e. The number of aliphatic hydroxyl groups is 1. The van der Waals surface area contributed by atoms with Crippen LogP contribution in [0.1, 0.15) is 19.8 Å². The maximum atomic E-state index is 10.8. The molecule has 0 saturated heterocycles. The number of hydrogen-bond acceptors (Lipinski definition) is 4. The molecular formula is C7H14O4S. The van der Waals surface area contributed by atoms with Crippen molar-refractivity contribution in [2.75, 3.05) is 12.0 Å². The molecule has 0 aromatic heterocycles. The smallest absolute Gasteiger partial charge is 0.161 e. The Morgan fingerprint density at radius 3 is 2.33 bits per heavy atom. The van der Waals surface area contributed by atoms with Gasteiger partial charge in [0.05, 0.1) is 5.75 Å². The highest BCUT2D eigenvalue weighted by Crippen LogP contribution is 1.98. The van der Waals surface area contributed by atoms with E-state index in [0.29, 0.717) is 6.42 Å². The molecule has 0 spiro atoms. The molecule has 0 aliphatic carbocycles. The Labute approximate surface area is 72.5 Å². The SMILES string of the molecule is CC(O)C(=O)CCCS(C)(=O)=O. The van der Waals surface area contributed by atoms with Gasteiger partial charge in [0.2, 0.25) is 0 Å². The quantitative estimate of drug-likeness (QED) is 0.655. The second-order valence-electron chi connectivity index (χ2n) is 2.88. The first-order chi connectivity index (χ1) is 5.33. The lowest BCUT2D eigenvalue weighted by Gasteiger charge is -2.01. The lowest BCUT2D eigenvalue weighted by molar-refractivity contribution is -0.126. The molecule has 0 heterocycles. The molecule has 0 bridgehead atoms. The molecule has 0 aliphatic heterocycles. The lowest BCUT2D eigenvalue weighted by Crippen LogP contribution is -2.16. The van der Waals surface area contributed by atoms with E-state index in [2.05, 4.69) is 0 Å². The average Bonchev–Trinajstić information content (AvgIpc) is 1.84. The van der Waals surface area contributed by atoms with Gasteiger partial charge in [-0.15, -0.1) is 0 Å². The van der Waals surface area contributed by atoms with Crippen LogP contribution in [0, 0.1) is 0 Å². The van der Waals surface area contributed by atoms with E-state index in [1.807, 2.05) is 0 Å². The maximum Gasteiger partial charge on any atom is 0.161 e. The Hall–Kier alpha value is -0.420. The van der Waals surface area contributed by atoms with Gasteiger partial charge in [-0.2, -0.15) is 0 Å². The number of carbonyl (C=O) groups is 1. The summed E-state index contributed by atoms with van der Waals surface area (Å²) in [4.78, 5) is 10.8. The number of hydrogen-bond donors (Lipinski definition) is 1. The molecule has 5 heteroatoms. The van der Waals surface area contributed by atoms with Crippen molar-refractivity contribution >= 4 is 15.6 Å². The van der Waals surface area contributed by atoms with Crippen molar-refractivity contribution in [3.8, 4) is 0 Å². The molecule has 1 N–H and O–H groups in total. The third-order valence-electron chi connectivity index (χ3n) is 1.40. The molecule has 72 valence electrons. The van der Waals surface area contributed by atoms with Gasteiger partial charge < -0.3 is 5.11 Å². The molecule has 0 radical (unpaired) electrons. The van der Waals surface area contributed by atoms with Crippen LogP contribution in [0.5, 0.6) is 0 Å². The maximum absolute atomic E-state index is 10.8. The van der Waals surface area contributed by atoms with E-state index in [4.69, 9.17) is 5.11 Å². The van der Waals surface area contributed by atoms with Gasteiger partial charge in [0, 0.05) is 12.7 Å². The van der Waals surface area contributed by atoms with Crippen LogP contribution < -0.4 is 0 Å². The Kier molecular flexibility index (Phi) is 4.41. The number of carbonyl (C=O) groups excluding carboxylic acids is 1. The summed E-state index contributed by atoms with van der Waals surface area (Å²) in [5.74, 6) is -0.301. The van der Waals surface area contributed by atoms with Crippen LogP contribution in [0.2, 0.25) is 0 Å². The first kappa shape index (κ1) is 11.6. The van der Waals surface area contributed by atoms with Crippen molar-refractivity contribution in [1.29, 1.82) is 0 Å². The minimum absolute atomic E-state index is 0.00542. The second-order valence-corrected chi connectivity index (χ2v) is 5.14. The number of aliphatic hydroxyl groups excluding tert-OH is 1. The third kappa shape index (κ3) is 6.30. The monoisotopic (exact) mass is 194 g/mol. The predicted molar refractivity (Wildman–Crippen MR) is 45.6 cm³/mol. The van der Waals surface area contributed by atoms with Crippen LogP contribution >= 0.6 is 0 Å². The number of rotatable bonds is 5. The van der Waals surface area contributed by atoms with Gasteiger partial charge >= 0.3 is 0 Å². The van der Waals surface area contributed by atoms with Crippen LogP contribution in [0.3, 0.4) is 0 Å². The summed E-state index contributed by atoms with van der Waals surface area (Å²) in [6.07, 6.45) is 0.567. The van der Waals surface area contributed by atoms with E-state index in [1.165, 1.54) is 6.92 Å². The van der Waals surface area contributed by atoms with Crippen molar-refractivity contribution in [3.63, 3.8) is 0 Å². The van der Waals surface area contributed by atoms with E-state index in [1.54, 1.807) is 0 Å². The van der Waals surface area contributed by atoms with Gasteiger partial charge in [0.15, 0.2) is 5.78 Å². The molecule has 0 aromatic rings. The zero-order valence-electron chi connectivity index (χ0n) is 7.28. The highest BCUT2D eigenvalue weighted by Gasteiger charge is 2.10. The molecule has 1 unspecified atom stereocenters. The van der Waals surface area contributed by atoms with Gasteiger partial charge in [-0.1, -0.05) is 0 Å². The topological polar surface area (TPSA) is 71.4 Å². The fourth-order valence-electron chi connectivity index (χ4n) is 0.717. The zero-order valence-corrected chi connectivity index (χ0v) is 8.10. The van der Waals surface area contributed by atoms with E-state index in [-0.39, 0.29) is 18.0 Å². The van der Waals surface area contributed by atoms with Gasteiger partial charge in [0.1, 0.15) is 15.9 Å². The molecule has 0 fully saturated rings. The highest BCUT2D eigenvalue weighted by atomic mass is 32.2. The molecule has 0 rings (SSSR count). The largest absolute Gasteiger partial charge is 0.386 e. The van der Waals surface area contributed by atoms with Crippen LogP contribution in [-0.4, -0.2) is 37.4 Å². The molecule has 12 heavy (non-hydrogen) atoms. The van der Waals surface area contributed by atoms with E-state index in [0.717, 1.165) is 6.26 Å². The standard InChI is InChI=1S/C7H14O4S/c1-6(8)7(9)4-3-5-12(2,10)11/h6,8H,3-5H2,1-2H3. The number of sulfone groups is 1. The third-order valence-corrected chi connectivity index (χ3v) is 2.43. The Bertz CT molecular complexity index is 240. The van der Waals surface area contributed by atoms with Crippen molar-refractivity contribution in [3.05, 3.63) is 0 Å². The Morgan fingerprint density at radius 1 is 1.50 bits per heavy atom. The molecule has 0 aliphatic rings. The molecule has 1 atom stereocenters. The summed E-state index contributed by atoms with van der Waals surface area (Å²) in [6.45, 7) is 1.38. The first-order valence-corrected chi connectivity index (χ1v) is 5.77. The zero-order chi connectivity index (χ0) is 9.78. The normalized spacial score (nSPS) is 14.2. The summed E-state index contributed by atoms with van der Waals surface area (Å²) in [7, 11) is -2.98. The van der Waals surface area contributed by atoms with Gasteiger partial charge in [-0.25, -0.2) is 8.42 Å². The second kappa shape index (κ2) is 4.57. The summed E-state index contributed by atoms with van der Waals surface area (Å²) in [6, 6.07) is 0. The van der Waals surface area contributed by atoms with Crippen molar-refractivity contribution < 1.29 is 18.3 Å². The van der Waals surface area contributed by atoms with Crippen molar-refractivity contribution in [2.24, 2.45) is 0 Å². The Morgan fingerprint density at radius 2 is 2.00 bits per heavy atom. The highest BCUT2D eigenvalue weighted by molar-refractivity contribution is 7.90.